The van der Waals surface area contributed by atoms with E-state index in [0.29, 0.717) is 12.6 Å². The quantitative estimate of drug-likeness (QED) is 0.862. The Morgan fingerprint density at radius 3 is 2.75 bits per heavy atom. The standard InChI is InChI=1S/C16H29NO3/c1-4-15(3)11-13(7-10-20-15)17-9-6-8-16(5-2,12-17)14(18)19/h13H,4-12H2,1-3H3,(H,18,19). The summed E-state index contributed by atoms with van der Waals surface area (Å²) in [4.78, 5) is 14.1. The van der Waals surface area contributed by atoms with Gasteiger partial charge in [0.15, 0.2) is 0 Å². The van der Waals surface area contributed by atoms with E-state index in [-0.39, 0.29) is 5.60 Å². The summed E-state index contributed by atoms with van der Waals surface area (Å²) in [7, 11) is 0. The van der Waals surface area contributed by atoms with E-state index in [9.17, 15) is 9.90 Å². The first-order valence-electron chi connectivity index (χ1n) is 8.06. The Morgan fingerprint density at radius 2 is 2.15 bits per heavy atom. The molecule has 2 aliphatic rings. The van der Waals surface area contributed by atoms with Crippen molar-refractivity contribution in [2.24, 2.45) is 5.41 Å². The molecule has 2 saturated heterocycles. The van der Waals surface area contributed by atoms with Crippen LogP contribution < -0.4 is 0 Å². The van der Waals surface area contributed by atoms with Crippen LogP contribution in [0.4, 0.5) is 0 Å². The molecule has 1 N–H and O–H groups in total. The van der Waals surface area contributed by atoms with Gasteiger partial charge >= 0.3 is 5.97 Å². The van der Waals surface area contributed by atoms with Gasteiger partial charge in [0, 0.05) is 19.2 Å². The molecule has 0 aromatic rings. The van der Waals surface area contributed by atoms with Gasteiger partial charge in [-0.15, -0.1) is 0 Å². The number of carboxylic acid groups (broad SMARTS) is 1. The van der Waals surface area contributed by atoms with Crippen LogP contribution in [0.15, 0.2) is 0 Å². The average molecular weight is 283 g/mol. The van der Waals surface area contributed by atoms with Crippen molar-refractivity contribution in [3.8, 4) is 0 Å². The van der Waals surface area contributed by atoms with Gasteiger partial charge in [-0.2, -0.15) is 0 Å². The number of rotatable bonds is 4. The molecule has 0 aromatic carbocycles. The summed E-state index contributed by atoms with van der Waals surface area (Å²) >= 11 is 0. The normalized spacial score (nSPS) is 39.6. The van der Waals surface area contributed by atoms with Gasteiger partial charge in [-0.05, 0) is 52.0 Å². The Bertz CT molecular complexity index is 360. The minimum absolute atomic E-state index is 0.0293. The van der Waals surface area contributed by atoms with Gasteiger partial charge in [-0.1, -0.05) is 13.8 Å². The lowest BCUT2D eigenvalue weighted by Crippen LogP contribution is -2.54. The summed E-state index contributed by atoms with van der Waals surface area (Å²) in [5.41, 5.74) is -0.558. The van der Waals surface area contributed by atoms with Crippen LogP contribution in [0, 0.1) is 5.41 Å². The molecule has 0 spiro atoms. The fourth-order valence-electron chi connectivity index (χ4n) is 3.75. The van der Waals surface area contributed by atoms with E-state index < -0.39 is 11.4 Å². The maximum absolute atomic E-state index is 11.7. The maximum Gasteiger partial charge on any atom is 0.310 e. The van der Waals surface area contributed by atoms with Gasteiger partial charge in [0.2, 0.25) is 0 Å². The number of hydrogen-bond acceptors (Lipinski definition) is 3. The van der Waals surface area contributed by atoms with Crippen molar-refractivity contribution in [1.82, 2.24) is 4.90 Å². The summed E-state index contributed by atoms with van der Waals surface area (Å²) < 4.78 is 5.92. The number of piperidine rings is 1. The van der Waals surface area contributed by atoms with Crippen molar-refractivity contribution in [3.05, 3.63) is 0 Å². The lowest BCUT2D eigenvalue weighted by Gasteiger charge is -2.47. The summed E-state index contributed by atoms with van der Waals surface area (Å²) in [5.74, 6) is -0.616. The third kappa shape index (κ3) is 3.01. The molecule has 3 atom stereocenters. The number of hydrogen-bond donors (Lipinski definition) is 1. The molecular formula is C16H29NO3. The van der Waals surface area contributed by atoms with E-state index in [1.165, 1.54) is 0 Å². The molecule has 0 radical (unpaired) electrons. The molecule has 3 unspecified atom stereocenters. The number of likely N-dealkylation sites (tertiary alicyclic amines) is 1. The molecule has 2 fully saturated rings. The maximum atomic E-state index is 11.7. The van der Waals surface area contributed by atoms with Crippen LogP contribution in [0.3, 0.4) is 0 Å². The number of carbonyl (C=O) groups is 1. The van der Waals surface area contributed by atoms with E-state index >= 15 is 0 Å². The molecular weight excluding hydrogens is 254 g/mol. The monoisotopic (exact) mass is 283 g/mol. The van der Waals surface area contributed by atoms with E-state index in [1.54, 1.807) is 0 Å². The molecule has 0 bridgehead atoms. The van der Waals surface area contributed by atoms with E-state index in [4.69, 9.17) is 4.74 Å². The summed E-state index contributed by atoms with van der Waals surface area (Å²) in [6.07, 6.45) is 5.64. The van der Waals surface area contributed by atoms with Crippen LogP contribution in [0.2, 0.25) is 0 Å². The van der Waals surface area contributed by atoms with Crippen LogP contribution in [-0.4, -0.2) is 47.3 Å². The van der Waals surface area contributed by atoms with Crippen molar-refractivity contribution in [1.29, 1.82) is 0 Å². The molecule has 2 rings (SSSR count). The fraction of sp³-hybridized carbons (Fsp3) is 0.938. The summed E-state index contributed by atoms with van der Waals surface area (Å²) in [6, 6.07) is 0.485. The third-order valence-electron chi connectivity index (χ3n) is 5.57. The molecule has 116 valence electrons. The van der Waals surface area contributed by atoms with Crippen LogP contribution >= 0.6 is 0 Å². The van der Waals surface area contributed by atoms with Gasteiger partial charge in [0.05, 0.1) is 11.0 Å². The zero-order valence-electron chi connectivity index (χ0n) is 13.2. The van der Waals surface area contributed by atoms with E-state index in [1.807, 2.05) is 6.92 Å². The number of ether oxygens (including phenoxy) is 1. The molecule has 2 heterocycles. The van der Waals surface area contributed by atoms with Crippen LogP contribution in [0.1, 0.15) is 59.3 Å². The first-order chi connectivity index (χ1) is 9.45. The van der Waals surface area contributed by atoms with Gasteiger partial charge in [-0.25, -0.2) is 0 Å². The highest BCUT2D eigenvalue weighted by Crippen LogP contribution is 2.38. The molecule has 0 saturated carbocycles. The van der Waals surface area contributed by atoms with Crippen molar-refractivity contribution in [2.75, 3.05) is 19.7 Å². The first kappa shape index (κ1) is 15.8. The molecule has 0 aliphatic carbocycles. The molecule has 0 amide bonds. The number of carboxylic acids is 1. The predicted octanol–water partition coefficient (Wildman–Crippen LogP) is 2.91. The summed E-state index contributed by atoms with van der Waals surface area (Å²) in [5, 5.41) is 9.60. The van der Waals surface area contributed by atoms with Crippen molar-refractivity contribution in [3.63, 3.8) is 0 Å². The Hall–Kier alpha value is -0.610. The zero-order chi connectivity index (χ0) is 14.8. The number of nitrogens with zero attached hydrogens (tertiary/aromatic N) is 1. The highest BCUT2D eigenvalue weighted by Gasteiger charge is 2.44. The van der Waals surface area contributed by atoms with Gasteiger partial charge in [-0.3, -0.25) is 9.69 Å². The minimum atomic E-state index is -0.616. The molecule has 20 heavy (non-hydrogen) atoms. The average Bonchev–Trinajstić information content (AvgIpc) is 2.47. The Morgan fingerprint density at radius 1 is 1.40 bits per heavy atom. The van der Waals surface area contributed by atoms with Gasteiger partial charge in [0.1, 0.15) is 0 Å². The Kier molecular flexibility index (Phi) is 4.75. The lowest BCUT2D eigenvalue weighted by atomic mass is 9.76. The molecule has 0 aromatic heterocycles. The van der Waals surface area contributed by atoms with E-state index in [0.717, 1.165) is 51.7 Å². The first-order valence-corrected chi connectivity index (χ1v) is 8.06. The predicted molar refractivity (Wildman–Crippen MR) is 78.8 cm³/mol. The fourth-order valence-corrected chi connectivity index (χ4v) is 3.75. The highest BCUT2D eigenvalue weighted by atomic mass is 16.5. The van der Waals surface area contributed by atoms with Gasteiger partial charge < -0.3 is 9.84 Å². The van der Waals surface area contributed by atoms with Crippen LogP contribution in [0.5, 0.6) is 0 Å². The topological polar surface area (TPSA) is 49.8 Å². The second-order valence-corrected chi connectivity index (χ2v) is 6.81. The number of aliphatic carboxylic acids is 1. The highest BCUT2D eigenvalue weighted by molar-refractivity contribution is 5.75. The second kappa shape index (κ2) is 6.02. The Balaban J connectivity index is 2.07. The third-order valence-corrected chi connectivity index (χ3v) is 5.57. The van der Waals surface area contributed by atoms with Crippen molar-refractivity contribution < 1.29 is 14.6 Å². The molecule has 2 aliphatic heterocycles. The van der Waals surface area contributed by atoms with Gasteiger partial charge in [0.25, 0.3) is 0 Å². The largest absolute Gasteiger partial charge is 0.481 e. The van der Waals surface area contributed by atoms with E-state index in [2.05, 4.69) is 18.7 Å². The summed E-state index contributed by atoms with van der Waals surface area (Å²) in [6.45, 7) is 8.93. The van der Waals surface area contributed by atoms with Crippen LogP contribution in [-0.2, 0) is 9.53 Å². The molecule has 4 heteroatoms. The van der Waals surface area contributed by atoms with Crippen molar-refractivity contribution in [2.45, 2.75) is 70.9 Å². The Labute approximate surface area is 122 Å². The lowest BCUT2D eigenvalue weighted by molar-refractivity contribution is -0.155. The van der Waals surface area contributed by atoms with Crippen molar-refractivity contribution >= 4 is 5.97 Å². The second-order valence-electron chi connectivity index (χ2n) is 6.81. The molecule has 4 nitrogen and oxygen atoms in total. The SMILES string of the molecule is CCC1(C)CC(N2CCCC(CC)(C(=O)O)C2)CCO1. The minimum Gasteiger partial charge on any atom is -0.481 e. The smallest absolute Gasteiger partial charge is 0.310 e. The zero-order valence-corrected chi connectivity index (χ0v) is 13.2. The van der Waals surface area contributed by atoms with Crippen LogP contribution in [0.25, 0.3) is 0 Å².